The van der Waals surface area contributed by atoms with E-state index in [1.807, 2.05) is 0 Å². The quantitative estimate of drug-likeness (QED) is 0.301. The number of oxime groups is 1. The first-order valence-corrected chi connectivity index (χ1v) is 13.2. The summed E-state index contributed by atoms with van der Waals surface area (Å²) in [5, 5.41) is 13.0. The van der Waals surface area contributed by atoms with E-state index in [1.165, 1.54) is 57.8 Å². The summed E-state index contributed by atoms with van der Waals surface area (Å²) in [5.41, 5.74) is 1.81. The zero-order chi connectivity index (χ0) is 21.3. The van der Waals surface area contributed by atoms with Crippen LogP contribution in [0.15, 0.2) is 5.16 Å². The largest absolute Gasteiger partial charge is 0.411 e. The number of rotatable bonds is 5. The molecule has 3 nitrogen and oxygen atoms in total. The summed E-state index contributed by atoms with van der Waals surface area (Å²) in [5.74, 6) is 5.97. The number of fused-ring (bicyclic) bond motifs is 7. The minimum absolute atomic E-state index is 0.126. The highest BCUT2D eigenvalue weighted by molar-refractivity contribution is 5.92. The lowest BCUT2D eigenvalue weighted by Gasteiger charge is -2.60. The maximum atomic E-state index is 9.43. The van der Waals surface area contributed by atoms with Gasteiger partial charge in [0.15, 0.2) is 0 Å². The minimum Gasteiger partial charge on any atom is -0.411 e. The molecule has 1 heterocycles. The third-order valence-corrected chi connectivity index (χ3v) is 11.2. The van der Waals surface area contributed by atoms with Crippen molar-refractivity contribution in [3.8, 4) is 0 Å². The van der Waals surface area contributed by atoms with Crippen molar-refractivity contribution in [1.29, 1.82) is 0 Å². The molecule has 1 N–H and O–H groups in total. The Labute approximate surface area is 184 Å². The van der Waals surface area contributed by atoms with Crippen molar-refractivity contribution >= 4 is 5.71 Å². The van der Waals surface area contributed by atoms with Gasteiger partial charge in [-0.2, -0.15) is 0 Å². The first-order valence-electron chi connectivity index (χ1n) is 13.2. The molecule has 3 heteroatoms. The van der Waals surface area contributed by atoms with Crippen molar-refractivity contribution in [3.63, 3.8) is 0 Å². The Hall–Kier alpha value is -0.570. The van der Waals surface area contributed by atoms with Gasteiger partial charge in [0.2, 0.25) is 0 Å². The summed E-state index contributed by atoms with van der Waals surface area (Å²) in [7, 11) is 0. The lowest BCUT2D eigenvalue weighted by molar-refractivity contribution is -0.109. The van der Waals surface area contributed by atoms with E-state index in [0.29, 0.717) is 22.9 Å². The predicted molar refractivity (Wildman–Crippen MR) is 122 cm³/mol. The fourth-order valence-electron chi connectivity index (χ4n) is 9.56. The number of hydrogen-bond donors (Lipinski definition) is 1. The summed E-state index contributed by atoms with van der Waals surface area (Å²) < 4.78 is 6.17. The van der Waals surface area contributed by atoms with Crippen LogP contribution in [0.3, 0.4) is 0 Å². The molecular weight excluding hydrogens is 370 g/mol. The zero-order valence-corrected chi connectivity index (χ0v) is 20.1. The molecule has 170 valence electrons. The Bertz CT molecular complexity index is 688. The molecule has 4 saturated carbocycles. The van der Waals surface area contributed by atoms with Gasteiger partial charge in [0.1, 0.15) is 6.10 Å². The van der Waals surface area contributed by atoms with Gasteiger partial charge < -0.3 is 9.94 Å². The van der Waals surface area contributed by atoms with Gasteiger partial charge in [-0.3, -0.25) is 0 Å². The van der Waals surface area contributed by atoms with Crippen LogP contribution in [0.25, 0.3) is 0 Å². The van der Waals surface area contributed by atoms with E-state index in [-0.39, 0.29) is 6.10 Å². The average molecular weight is 416 g/mol. The monoisotopic (exact) mass is 415 g/mol. The van der Waals surface area contributed by atoms with Crippen molar-refractivity contribution in [1.82, 2.24) is 0 Å². The maximum absolute atomic E-state index is 9.43. The first kappa shape index (κ1) is 21.3. The van der Waals surface area contributed by atoms with E-state index in [1.54, 1.807) is 0 Å². The molecule has 1 saturated heterocycles. The molecule has 5 rings (SSSR count). The summed E-state index contributed by atoms with van der Waals surface area (Å²) in [6.45, 7) is 12.5. The van der Waals surface area contributed by atoms with Crippen molar-refractivity contribution in [3.05, 3.63) is 0 Å². The second-order valence-corrected chi connectivity index (χ2v) is 12.8. The highest BCUT2D eigenvalue weighted by atomic mass is 16.6. The number of nitrogens with zero attached hydrogens (tertiary/aromatic N) is 1. The molecule has 10 atom stereocenters. The molecule has 0 amide bonds. The Morgan fingerprint density at radius 3 is 2.57 bits per heavy atom. The Kier molecular flexibility index (Phi) is 5.32. The molecular formula is C27H45NO2. The third-order valence-electron chi connectivity index (χ3n) is 11.2. The van der Waals surface area contributed by atoms with Crippen LogP contribution in [0, 0.1) is 52.3 Å². The third kappa shape index (κ3) is 3.04. The van der Waals surface area contributed by atoms with Crippen LogP contribution >= 0.6 is 0 Å². The standard InChI is InChI=1S/C27H45NO2/c1-16(2)7-6-8-17(3)20-11-12-21-19-10-9-18-15-23(28-29)24-25(30-24)27(18,5)22(19)13-14-26(20,21)4/h16-22,24-25,29H,6-15H2,1-5H3/b28-23-/t17-,18+,19+,20-,21+,22+,24+,25+,26-,27+/m1/s1. The molecule has 0 unspecified atom stereocenters. The summed E-state index contributed by atoms with van der Waals surface area (Å²) in [4.78, 5) is 0. The van der Waals surface area contributed by atoms with Crippen molar-refractivity contribution in [2.75, 3.05) is 0 Å². The average Bonchev–Trinajstić information content (AvgIpc) is 3.43. The highest BCUT2D eigenvalue weighted by Gasteiger charge is 2.69. The molecule has 0 aromatic heterocycles. The number of epoxide rings is 1. The summed E-state index contributed by atoms with van der Waals surface area (Å²) in [6.07, 6.45) is 14.1. The van der Waals surface area contributed by atoms with E-state index >= 15 is 0 Å². The SMILES string of the molecule is CC(C)CCC[C@@H](C)[C@H]1CC[C@H]2[C@@H]3CC[C@H]4C/C(=N/O)[C@@H]5O[C@@H]5[C@]4(C)[C@H]3CC[C@]12C. The fourth-order valence-corrected chi connectivity index (χ4v) is 9.56. The van der Waals surface area contributed by atoms with E-state index in [2.05, 4.69) is 39.8 Å². The number of ether oxygens (including phenoxy) is 1. The normalized spacial score (nSPS) is 51.8. The van der Waals surface area contributed by atoms with Crippen LogP contribution in [-0.4, -0.2) is 23.1 Å². The minimum atomic E-state index is 0.126. The smallest absolute Gasteiger partial charge is 0.126 e. The van der Waals surface area contributed by atoms with Crippen LogP contribution in [0.2, 0.25) is 0 Å². The lowest BCUT2D eigenvalue weighted by atomic mass is 9.44. The van der Waals surface area contributed by atoms with Gasteiger partial charge in [-0.1, -0.05) is 59.0 Å². The van der Waals surface area contributed by atoms with Gasteiger partial charge in [0.05, 0.1) is 11.8 Å². The van der Waals surface area contributed by atoms with Gasteiger partial charge >= 0.3 is 0 Å². The van der Waals surface area contributed by atoms with Gasteiger partial charge in [-0.25, -0.2) is 0 Å². The first-order chi connectivity index (χ1) is 14.3. The van der Waals surface area contributed by atoms with Crippen LogP contribution in [-0.2, 0) is 4.74 Å². The Balaban J connectivity index is 1.32. The van der Waals surface area contributed by atoms with Crippen LogP contribution < -0.4 is 0 Å². The Morgan fingerprint density at radius 1 is 1.03 bits per heavy atom. The molecule has 5 fully saturated rings. The molecule has 0 bridgehead atoms. The van der Waals surface area contributed by atoms with Crippen LogP contribution in [0.4, 0.5) is 0 Å². The molecule has 4 aliphatic carbocycles. The highest BCUT2D eigenvalue weighted by Crippen LogP contribution is 2.70. The second-order valence-electron chi connectivity index (χ2n) is 12.8. The predicted octanol–water partition coefficient (Wildman–Crippen LogP) is 6.93. The Morgan fingerprint density at radius 2 is 1.83 bits per heavy atom. The van der Waals surface area contributed by atoms with Gasteiger partial charge in [0.25, 0.3) is 0 Å². The molecule has 1 aliphatic heterocycles. The molecule has 0 radical (unpaired) electrons. The van der Waals surface area contributed by atoms with E-state index in [4.69, 9.17) is 4.74 Å². The van der Waals surface area contributed by atoms with E-state index in [0.717, 1.165) is 47.6 Å². The van der Waals surface area contributed by atoms with Crippen molar-refractivity contribution in [2.24, 2.45) is 57.4 Å². The summed E-state index contributed by atoms with van der Waals surface area (Å²) >= 11 is 0. The molecule has 0 aromatic carbocycles. The van der Waals surface area contributed by atoms with Crippen LogP contribution in [0.1, 0.15) is 98.8 Å². The molecule has 0 aromatic rings. The lowest BCUT2D eigenvalue weighted by Crippen LogP contribution is -2.56. The second kappa shape index (κ2) is 7.49. The fraction of sp³-hybridized carbons (Fsp3) is 0.963. The molecule has 5 aliphatic rings. The van der Waals surface area contributed by atoms with E-state index in [9.17, 15) is 5.21 Å². The van der Waals surface area contributed by atoms with Gasteiger partial charge in [-0.05, 0) is 91.8 Å². The number of hydrogen-bond acceptors (Lipinski definition) is 3. The van der Waals surface area contributed by atoms with Gasteiger partial charge in [-0.15, -0.1) is 0 Å². The van der Waals surface area contributed by atoms with Crippen molar-refractivity contribution < 1.29 is 9.94 Å². The van der Waals surface area contributed by atoms with E-state index < -0.39 is 0 Å². The topological polar surface area (TPSA) is 45.1 Å². The zero-order valence-electron chi connectivity index (χ0n) is 20.1. The molecule has 30 heavy (non-hydrogen) atoms. The molecule has 0 spiro atoms. The summed E-state index contributed by atoms with van der Waals surface area (Å²) in [6, 6.07) is 0. The van der Waals surface area contributed by atoms with Gasteiger partial charge in [0, 0.05) is 5.41 Å². The maximum Gasteiger partial charge on any atom is 0.126 e. The van der Waals surface area contributed by atoms with Crippen molar-refractivity contribution in [2.45, 2.75) is 111 Å². The van der Waals surface area contributed by atoms with Crippen LogP contribution in [0.5, 0.6) is 0 Å².